The van der Waals surface area contributed by atoms with Gasteiger partial charge in [-0.15, -0.1) is 0 Å². The van der Waals surface area contributed by atoms with E-state index in [1.165, 1.54) is 32.4 Å². The van der Waals surface area contributed by atoms with E-state index in [0.717, 1.165) is 24.4 Å². The van der Waals surface area contributed by atoms with Crippen LogP contribution in [-0.2, 0) is 0 Å². The molecular weight excluding hydrogens is 256 g/mol. The first-order valence-corrected chi connectivity index (χ1v) is 7.22. The van der Waals surface area contributed by atoms with Crippen molar-refractivity contribution in [1.82, 2.24) is 0 Å². The van der Waals surface area contributed by atoms with Crippen molar-refractivity contribution >= 4 is 11.4 Å². The molecule has 1 fully saturated rings. The minimum absolute atomic E-state index is 0.0645. The van der Waals surface area contributed by atoms with Crippen LogP contribution in [0, 0.1) is 16.0 Å². The van der Waals surface area contributed by atoms with Crippen LogP contribution < -0.4 is 10.1 Å². The van der Waals surface area contributed by atoms with Crippen LogP contribution in [-0.4, -0.2) is 18.1 Å². The lowest BCUT2D eigenvalue weighted by atomic mass is 9.84. The van der Waals surface area contributed by atoms with E-state index in [9.17, 15) is 10.1 Å². The summed E-state index contributed by atoms with van der Waals surface area (Å²) in [6, 6.07) is 5.25. The lowest BCUT2D eigenvalue weighted by molar-refractivity contribution is -0.384. The largest absolute Gasteiger partial charge is 0.496 e. The molecule has 0 aliphatic heterocycles. The molecule has 2 rings (SSSR count). The van der Waals surface area contributed by atoms with Gasteiger partial charge in [-0.1, -0.05) is 26.2 Å². The lowest BCUT2D eigenvalue weighted by Gasteiger charge is -2.29. The molecule has 1 aliphatic rings. The molecule has 0 saturated heterocycles. The Morgan fingerprint density at radius 2 is 2.20 bits per heavy atom. The molecule has 1 aliphatic carbocycles. The monoisotopic (exact) mass is 278 g/mol. The van der Waals surface area contributed by atoms with E-state index in [2.05, 4.69) is 12.2 Å². The highest BCUT2D eigenvalue weighted by Crippen LogP contribution is 2.31. The second-order valence-electron chi connectivity index (χ2n) is 5.46. The van der Waals surface area contributed by atoms with Crippen LogP contribution >= 0.6 is 0 Å². The predicted molar refractivity (Wildman–Crippen MR) is 79.3 cm³/mol. The standard InChI is InChI=1S/C15H22N2O3/c1-3-11-5-4-6-12(7-11)16-13-8-14(17(18)19)10-15(9-13)20-2/h8-12,16H,3-7H2,1-2H3. The van der Waals surface area contributed by atoms with Gasteiger partial charge in [0.1, 0.15) is 5.75 Å². The summed E-state index contributed by atoms with van der Waals surface area (Å²) in [5.74, 6) is 1.28. The molecule has 5 nitrogen and oxygen atoms in total. The van der Waals surface area contributed by atoms with Crippen molar-refractivity contribution in [2.24, 2.45) is 5.92 Å². The van der Waals surface area contributed by atoms with E-state index in [1.54, 1.807) is 6.07 Å². The lowest BCUT2D eigenvalue weighted by Crippen LogP contribution is -2.27. The van der Waals surface area contributed by atoms with Crippen LogP contribution in [0.5, 0.6) is 5.75 Å². The summed E-state index contributed by atoms with van der Waals surface area (Å²) in [7, 11) is 1.52. The first-order chi connectivity index (χ1) is 9.62. The summed E-state index contributed by atoms with van der Waals surface area (Å²) in [5, 5.41) is 14.4. The van der Waals surface area contributed by atoms with Crippen molar-refractivity contribution in [3.63, 3.8) is 0 Å². The Morgan fingerprint density at radius 3 is 2.85 bits per heavy atom. The fourth-order valence-corrected chi connectivity index (χ4v) is 2.92. The van der Waals surface area contributed by atoms with Gasteiger partial charge in [0.05, 0.1) is 18.1 Å². The van der Waals surface area contributed by atoms with Gasteiger partial charge < -0.3 is 10.1 Å². The second-order valence-corrected chi connectivity index (χ2v) is 5.46. The summed E-state index contributed by atoms with van der Waals surface area (Å²) in [6.45, 7) is 2.23. The number of nitrogens with one attached hydrogen (secondary N) is 1. The Labute approximate surface area is 119 Å². The van der Waals surface area contributed by atoms with Gasteiger partial charge >= 0.3 is 0 Å². The molecule has 0 aromatic heterocycles. The number of non-ortho nitro benzene ring substituents is 1. The van der Waals surface area contributed by atoms with Crippen molar-refractivity contribution in [3.05, 3.63) is 28.3 Å². The maximum Gasteiger partial charge on any atom is 0.275 e. The highest BCUT2D eigenvalue weighted by atomic mass is 16.6. The molecular formula is C15H22N2O3. The molecule has 0 spiro atoms. The van der Waals surface area contributed by atoms with Gasteiger partial charge in [-0.25, -0.2) is 0 Å². The maximum absolute atomic E-state index is 10.9. The number of hydrogen-bond acceptors (Lipinski definition) is 4. The number of anilines is 1. The molecule has 2 atom stereocenters. The van der Waals surface area contributed by atoms with Crippen molar-refractivity contribution in [1.29, 1.82) is 0 Å². The van der Waals surface area contributed by atoms with Gasteiger partial charge in [0, 0.05) is 23.9 Å². The van der Waals surface area contributed by atoms with Crippen LogP contribution in [0.3, 0.4) is 0 Å². The Hall–Kier alpha value is -1.78. The smallest absolute Gasteiger partial charge is 0.275 e. The summed E-state index contributed by atoms with van der Waals surface area (Å²) < 4.78 is 5.13. The highest BCUT2D eigenvalue weighted by molar-refractivity contribution is 5.56. The summed E-state index contributed by atoms with van der Waals surface area (Å²) >= 11 is 0. The average molecular weight is 278 g/mol. The normalized spacial score (nSPS) is 22.3. The Kier molecular flexibility index (Phi) is 4.82. The van der Waals surface area contributed by atoms with Gasteiger partial charge in [0.15, 0.2) is 0 Å². The van der Waals surface area contributed by atoms with E-state index in [1.807, 2.05) is 6.07 Å². The molecule has 5 heteroatoms. The Bertz CT molecular complexity index is 476. The van der Waals surface area contributed by atoms with E-state index in [0.29, 0.717) is 11.8 Å². The first kappa shape index (κ1) is 14.6. The minimum Gasteiger partial charge on any atom is -0.496 e. The number of nitrogens with zero attached hydrogens (tertiary/aromatic N) is 1. The zero-order chi connectivity index (χ0) is 14.5. The molecule has 1 aromatic carbocycles. The van der Waals surface area contributed by atoms with E-state index < -0.39 is 0 Å². The highest BCUT2D eigenvalue weighted by Gasteiger charge is 2.21. The fourth-order valence-electron chi connectivity index (χ4n) is 2.92. The summed E-state index contributed by atoms with van der Waals surface area (Å²) in [6.07, 6.45) is 5.99. The summed E-state index contributed by atoms with van der Waals surface area (Å²) in [4.78, 5) is 10.5. The Morgan fingerprint density at radius 1 is 1.40 bits per heavy atom. The number of benzene rings is 1. The fraction of sp³-hybridized carbons (Fsp3) is 0.600. The van der Waals surface area contributed by atoms with Crippen molar-refractivity contribution < 1.29 is 9.66 Å². The third kappa shape index (κ3) is 3.62. The van der Waals surface area contributed by atoms with Crippen LogP contribution in [0.1, 0.15) is 39.0 Å². The number of methoxy groups -OCH3 is 1. The van der Waals surface area contributed by atoms with E-state index >= 15 is 0 Å². The van der Waals surface area contributed by atoms with E-state index in [-0.39, 0.29) is 10.6 Å². The molecule has 1 aromatic rings. The third-order valence-electron chi connectivity index (χ3n) is 4.07. The van der Waals surface area contributed by atoms with Crippen LogP contribution in [0.2, 0.25) is 0 Å². The number of ether oxygens (including phenoxy) is 1. The number of hydrogen-bond donors (Lipinski definition) is 1. The quantitative estimate of drug-likeness (QED) is 0.653. The maximum atomic E-state index is 10.9. The van der Waals surface area contributed by atoms with Crippen LogP contribution in [0.15, 0.2) is 18.2 Å². The molecule has 20 heavy (non-hydrogen) atoms. The van der Waals surface area contributed by atoms with Gasteiger partial charge in [0.25, 0.3) is 5.69 Å². The summed E-state index contributed by atoms with van der Waals surface area (Å²) in [5.41, 5.74) is 0.840. The van der Waals surface area contributed by atoms with Crippen LogP contribution in [0.4, 0.5) is 11.4 Å². The average Bonchev–Trinajstić information content (AvgIpc) is 2.47. The molecule has 1 N–H and O–H groups in total. The number of nitro benzene ring substituents is 1. The zero-order valence-corrected chi connectivity index (χ0v) is 12.1. The van der Waals surface area contributed by atoms with Gasteiger partial charge in [0.2, 0.25) is 0 Å². The van der Waals surface area contributed by atoms with Gasteiger partial charge in [-0.05, 0) is 18.8 Å². The molecule has 2 unspecified atom stereocenters. The predicted octanol–water partition coefficient (Wildman–Crippen LogP) is 3.98. The van der Waals surface area contributed by atoms with Gasteiger partial charge in [-0.3, -0.25) is 10.1 Å². The third-order valence-corrected chi connectivity index (χ3v) is 4.07. The van der Waals surface area contributed by atoms with Crippen molar-refractivity contribution in [3.8, 4) is 5.75 Å². The topological polar surface area (TPSA) is 64.4 Å². The molecule has 0 amide bonds. The molecule has 110 valence electrons. The Balaban J connectivity index is 2.11. The van der Waals surface area contributed by atoms with E-state index in [4.69, 9.17) is 4.74 Å². The molecule has 1 saturated carbocycles. The van der Waals surface area contributed by atoms with Crippen molar-refractivity contribution in [2.75, 3.05) is 12.4 Å². The molecule has 0 heterocycles. The number of nitro groups is 1. The zero-order valence-electron chi connectivity index (χ0n) is 12.1. The first-order valence-electron chi connectivity index (χ1n) is 7.22. The second kappa shape index (κ2) is 6.59. The molecule has 0 radical (unpaired) electrons. The van der Waals surface area contributed by atoms with Crippen molar-refractivity contribution in [2.45, 2.75) is 45.1 Å². The minimum atomic E-state index is -0.385. The number of rotatable bonds is 5. The SMILES string of the molecule is CCC1CCCC(Nc2cc(OC)cc([N+](=O)[O-])c2)C1. The van der Waals surface area contributed by atoms with Gasteiger partial charge in [-0.2, -0.15) is 0 Å². The molecule has 0 bridgehead atoms. The van der Waals surface area contributed by atoms with Crippen LogP contribution in [0.25, 0.3) is 0 Å².